The van der Waals surface area contributed by atoms with E-state index in [1.54, 1.807) is 0 Å². The van der Waals surface area contributed by atoms with E-state index >= 15 is 0 Å². The van der Waals surface area contributed by atoms with Gasteiger partial charge in [-0.15, -0.1) is 0 Å². The lowest BCUT2D eigenvalue weighted by atomic mass is 9.92. The average molecular weight is 399 g/mol. The highest BCUT2D eigenvalue weighted by molar-refractivity contribution is 6.30. The molecule has 3 aromatic carbocycles. The topological polar surface area (TPSA) is 38.5 Å². The molecule has 0 N–H and O–H groups in total. The van der Waals surface area contributed by atoms with Crippen molar-refractivity contribution in [3.8, 4) is 22.4 Å². The van der Waals surface area contributed by atoms with Crippen LogP contribution in [-0.2, 0) is 0 Å². The Balaban J connectivity index is 1.87. The molecule has 146 valence electrons. The fourth-order valence-corrected chi connectivity index (χ4v) is 4.63. The summed E-state index contributed by atoms with van der Waals surface area (Å²) >= 11 is 0. The number of pyridine rings is 1. The summed E-state index contributed by atoms with van der Waals surface area (Å²) < 4.78 is 2.04. The molecule has 5 aromatic rings. The molecule has 0 radical (unpaired) electrons. The highest BCUT2D eigenvalue weighted by Gasteiger charge is 2.31. The average Bonchev–Trinajstić information content (AvgIpc) is 3.19. The van der Waals surface area contributed by atoms with E-state index in [0.29, 0.717) is 11.1 Å². The minimum absolute atomic E-state index is 0.133. The first-order valence-electron chi connectivity index (χ1n) is 10.2. The number of fused-ring (bicyclic) bond motifs is 5. The largest absolute Gasteiger partial charge is 0.314 e. The molecular weight excluding hydrogens is 382 g/mol. The third-order valence-corrected chi connectivity index (χ3v) is 5.95. The van der Waals surface area contributed by atoms with Gasteiger partial charge in [0.1, 0.15) is 0 Å². The molecule has 1 aliphatic rings. The lowest BCUT2D eigenvalue weighted by Gasteiger charge is -2.12. The fraction of sp³-hybridized carbons (Fsp3) is 0. The van der Waals surface area contributed by atoms with Crippen molar-refractivity contribution in [2.24, 2.45) is 0 Å². The van der Waals surface area contributed by atoms with E-state index in [4.69, 9.17) is 0 Å². The third-order valence-electron chi connectivity index (χ3n) is 5.95. The van der Waals surface area contributed by atoms with Gasteiger partial charge >= 0.3 is 0 Å². The van der Waals surface area contributed by atoms with Gasteiger partial charge in [-0.05, 0) is 28.7 Å². The molecule has 0 aliphatic heterocycles. The summed E-state index contributed by atoms with van der Waals surface area (Å²) in [4.78, 5) is 26.1. The van der Waals surface area contributed by atoms with Gasteiger partial charge in [-0.3, -0.25) is 9.59 Å². The number of aromatic nitrogens is 1. The molecule has 2 aromatic heterocycles. The van der Waals surface area contributed by atoms with Crippen molar-refractivity contribution in [1.82, 2.24) is 4.40 Å². The van der Waals surface area contributed by atoms with Crippen LogP contribution in [-0.4, -0.2) is 16.0 Å². The molecule has 2 heterocycles. The van der Waals surface area contributed by atoms with Gasteiger partial charge in [0.05, 0.1) is 22.3 Å². The number of ketones is 2. The Labute approximate surface area is 178 Å². The zero-order valence-corrected chi connectivity index (χ0v) is 16.6. The monoisotopic (exact) mass is 399 g/mol. The fourth-order valence-electron chi connectivity index (χ4n) is 4.63. The zero-order chi connectivity index (χ0) is 20.9. The maximum Gasteiger partial charge on any atom is 0.188 e. The zero-order valence-electron chi connectivity index (χ0n) is 16.6. The summed E-state index contributed by atoms with van der Waals surface area (Å²) in [6, 6.07) is 28.1. The van der Waals surface area contributed by atoms with Crippen LogP contribution in [0.4, 0.5) is 0 Å². The number of carbonyl (C=O) groups is 2. The number of benzene rings is 3. The number of allylic oxidation sites excluding steroid dienone is 2. The summed E-state index contributed by atoms with van der Waals surface area (Å²) in [5.74, 6) is -0.269. The van der Waals surface area contributed by atoms with Crippen LogP contribution in [0.25, 0.3) is 38.7 Å². The maximum absolute atomic E-state index is 13.0. The molecule has 0 atom stereocenters. The van der Waals surface area contributed by atoms with E-state index in [0.717, 1.165) is 38.7 Å². The minimum atomic E-state index is -0.137. The predicted molar refractivity (Wildman–Crippen MR) is 124 cm³/mol. The Bertz CT molecular complexity index is 1540. The van der Waals surface area contributed by atoms with Gasteiger partial charge in [-0.25, -0.2) is 0 Å². The van der Waals surface area contributed by atoms with Gasteiger partial charge in [0.2, 0.25) is 0 Å². The van der Waals surface area contributed by atoms with E-state index in [1.165, 1.54) is 12.2 Å². The molecule has 0 saturated carbocycles. The molecule has 3 nitrogen and oxygen atoms in total. The number of carbonyl (C=O) groups excluding carboxylic acids is 2. The van der Waals surface area contributed by atoms with Crippen LogP contribution in [0.3, 0.4) is 0 Å². The van der Waals surface area contributed by atoms with Crippen molar-refractivity contribution in [2.45, 2.75) is 0 Å². The molecule has 6 rings (SSSR count). The highest BCUT2D eigenvalue weighted by atomic mass is 16.1. The van der Waals surface area contributed by atoms with Crippen LogP contribution >= 0.6 is 0 Å². The first-order valence-corrected chi connectivity index (χ1v) is 10.2. The van der Waals surface area contributed by atoms with Crippen LogP contribution < -0.4 is 0 Å². The molecule has 0 fully saturated rings. The highest BCUT2D eigenvalue weighted by Crippen LogP contribution is 2.41. The number of rotatable bonds is 2. The minimum Gasteiger partial charge on any atom is -0.314 e. The smallest absolute Gasteiger partial charge is 0.188 e. The van der Waals surface area contributed by atoms with Crippen molar-refractivity contribution < 1.29 is 9.59 Å². The third kappa shape index (κ3) is 2.53. The Morgan fingerprint density at radius 1 is 0.548 bits per heavy atom. The summed E-state index contributed by atoms with van der Waals surface area (Å²) in [5.41, 5.74) is 5.56. The van der Waals surface area contributed by atoms with Crippen molar-refractivity contribution in [1.29, 1.82) is 0 Å². The number of nitrogens with zero attached hydrogens (tertiary/aromatic N) is 1. The molecule has 31 heavy (non-hydrogen) atoms. The summed E-state index contributed by atoms with van der Waals surface area (Å²) in [7, 11) is 0. The van der Waals surface area contributed by atoms with Gasteiger partial charge in [0.15, 0.2) is 11.6 Å². The molecule has 1 aliphatic carbocycles. The van der Waals surface area contributed by atoms with Crippen molar-refractivity contribution in [3.05, 3.63) is 114 Å². The molecule has 0 spiro atoms. The number of hydrogen-bond acceptors (Lipinski definition) is 2. The van der Waals surface area contributed by atoms with E-state index < -0.39 is 0 Å². The van der Waals surface area contributed by atoms with Gasteiger partial charge < -0.3 is 4.40 Å². The lowest BCUT2D eigenvalue weighted by molar-refractivity contribution is 0.0996. The molecule has 0 saturated heterocycles. The Morgan fingerprint density at radius 3 is 1.77 bits per heavy atom. The van der Waals surface area contributed by atoms with Crippen molar-refractivity contribution in [3.63, 3.8) is 0 Å². The Kier molecular flexibility index (Phi) is 3.77. The van der Waals surface area contributed by atoms with E-state index in [2.05, 4.69) is 24.4 Å². The quantitative estimate of drug-likeness (QED) is 0.346. The molecule has 3 heteroatoms. The van der Waals surface area contributed by atoms with Crippen LogP contribution in [0, 0.1) is 0 Å². The second-order valence-corrected chi connectivity index (χ2v) is 7.70. The van der Waals surface area contributed by atoms with Crippen LogP contribution in [0.15, 0.2) is 103 Å². The summed E-state index contributed by atoms with van der Waals surface area (Å²) in [6.07, 6.45) is 4.84. The van der Waals surface area contributed by atoms with Gasteiger partial charge in [0, 0.05) is 17.1 Å². The summed E-state index contributed by atoms with van der Waals surface area (Å²) in [5, 5.41) is 2.01. The van der Waals surface area contributed by atoms with Crippen molar-refractivity contribution in [2.75, 3.05) is 0 Å². The Morgan fingerprint density at radius 2 is 1.10 bits per heavy atom. The molecular formula is C28H17NO2. The van der Waals surface area contributed by atoms with Gasteiger partial charge in [-0.1, -0.05) is 84.9 Å². The van der Waals surface area contributed by atoms with Crippen LogP contribution in [0.5, 0.6) is 0 Å². The van der Waals surface area contributed by atoms with Gasteiger partial charge in [-0.2, -0.15) is 0 Å². The van der Waals surface area contributed by atoms with Crippen molar-refractivity contribution >= 4 is 27.9 Å². The normalized spacial score (nSPS) is 13.2. The SMILES string of the molecule is O=C1C=CC(=O)c2c1c(-c1ccccc1)n1cc(-c3ccccc3)c3ccccc3c21. The summed E-state index contributed by atoms with van der Waals surface area (Å²) in [6.45, 7) is 0. The lowest BCUT2D eigenvalue weighted by Crippen LogP contribution is -2.10. The second kappa shape index (κ2) is 6.64. The van der Waals surface area contributed by atoms with E-state index in [-0.39, 0.29) is 11.6 Å². The maximum atomic E-state index is 13.0. The predicted octanol–water partition coefficient (Wildman–Crippen LogP) is 6.36. The van der Waals surface area contributed by atoms with Crippen LogP contribution in [0.2, 0.25) is 0 Å². The van der Waals surface area contributed by atoms with E-state index in [1.807, 2.05) is 71.1 Å². The number of hydrogen-bond donors (Lipinski definition) is 0. The Hall–Kier alpha value is -4.24. The first kappa shape index (κ1) is 17.6. The molecule has 0 amide bonds. The van der Waals surface area contributed by atoms with Gasteiger partial charge in [0.25, 0.3) is 0 Å². The molecule has 0 unspecified atom stereocenters. The van der Waals surface area contributed by atoms with Crippen LogP contribution in [0.1, 0.15) is 20.7 Å². The van der Waals surface area contributed by atoms with E-state index in [9.17, 15) is 9.59 Å². The molecule has 0 bridgehead atoms. The standard InChI is InChI=1S/C28H17NO2/c30-23-15-16-24(31)26-25(23)27(19-11-5-2-6-12-19)29-17-22(18-9-3-1-4-10-18)20-13-7-8-14-21(20)28(26)29/h1-17H. The first-order chi connectivity index (χ1) is 15.2. The second-order valence-electron chi connectivity index (χ2n) is 7.70.